The molecule has 0 atom stereocenters. The van der Waals surface area contributed by atoms with Gasteiger partial charge in [0.05, 0.1) is 0 Å². The zero-order chi connectivity index (χ0) is 13.9. The maximum atomic E-state index is 10.5. The highest BCUT2D eigenvalue weighted by Gasteiger charge is 2.04. The third-order valence-electron chi connectivity index (χ3n) is 3.68. The van der Waals surface area contributed by atoms with Crippen LogP contribution in [0.3, 0.4) is 0 Å². The van der Waals surface area contributed by atoms with Crippen molar-refractivity contribution in [1.82, 2.24) is 4.98 Å². The number of unbranched alkanes of at least 4 members (excludes halogenated alkanes) is 1. The first-order valence-corrected chi connectivity index (χ1v) is 6.95. The van der Waals surface area contributed by atoms with E-state index in [-0.39, 0.29) is 6.42 Å². The topological polar surface area (TPSA) is 53.1 Å². The number of hydrogen-bond donors (Lipinski definition) is 2. The summed E-state index contributed by atoms with van der Waals surface area (Å²) in [6.07, 6.45) is 2.85. The molecule has 3 rings (SSSR count). The van der Waals surface area contributed by atoms with E-state index in [9.17, 15) is 4.79 Å². The summed E-state index contributed by atoms with van der Waals surface area (Å²) >= 11 is 0. The van der Waals surface area contributed by atoms with Crippen LogP contribution in [0.2, 0.25) is 0 Å². The zero-order valence-corrected chi connectivity index (χ0v) is 11.2. The van der Waals surface area contributed by atoms with Gasteiger partial charge in [0.2, 0.25) is 0 Å². The second-order valence-electron chi connectivity index (χ2n) is 5.15. The first kappa shape index (κ1) is 12.7. The molecule has 3 heteroatoms. The van der Waals surface area contributed by atoms with Gasteiger partial charge in [-0.2, -0.15) is 0 Å². The Morgan fingerprint density at radius 3 is 2.65 bits per heavy atom. The molecule has 0 aliphatic carbocycles. The Balaban J connectivity index is 1.82. The van der Waals surface area contributed by atoms with Gasteiger partial charge in [0.15, 0.2) is 0 Å². The summed E-state index contributed by atoms with van der Waals surface area (Å²) in [7, 11) is 0. The number of aromatic nitrogens is 1. The van der Waals surface area contributed by atoms with Crippen LogP contribution in [0.4, 0.5) is 0 Å². The van der Waals surface area contributed by atoms with Crippen LogP contribution in [0.1, 0.15) is 24.8 Å². The summed E-state index contributed by atoms with van der Waals surface area (Å²) in [4.78, 5) is 13.9. The molecule has 0 amide bonds. The number of carboxylic acid groups (broad SMARTS) is 1. The molecule has 0 aliphatic heterocycles. The SMILES string of the molecule is O=C(O)CCCCc1ccc2[nH]c3ccccc3c2c1. The number of fused-ring (bicyclic) bond motifs is 3. The summed E-state index contributed by atoms with van der Waals surface area (Å²) in [5, 5.41) is 11.1. The molecule has 0 fully saturated rings. The minimum absolute atomic E-state index is 0.259. The van der Waals surface area contributed by atoms with E-state index < -0.39 is 5.97 Å². The monoisotopic (exact) mass is 267 g/mol. The minimum atomic E-state index is -0.711. The molecule has 2 N–H and O–H groups in total. The number of hydrogen-bond acceptors (Lipinski definition) is 1. The van der Waals surface area contributed by atoms with Crippen molar-refractivity contribution in [3.05, 3.63) is 48.0 Å². The van der Waals surface area contributed by atoms with Crippen LogP contribution in [0.5, 0.6) is 0 Å². The Hall–Kier alpha value is -2.29. The number of H-pyrrole nitrogens is 1. The number of aliphatic carboxylic acids is 1. The van der Waals surface area contributed by atoms with Gasteiger partial charge in [-0.25, -0.2) is 0 Å². The summed E-state index contributed by atoms with van der Waals surface area (Å²) < 4.78 is 0. The molecule has 0 saturated carbocycles. The summed E-state index contributed by atoms with van der Waals surface area (Å²) in [6.45, 7) is 0. The van der Waals surface area contributed by atoms with Crippen LogP contribution in [0.25, 0.3) is 21.8 Å². The Kier molecular flexibility index (Phi) is 3.42. The fourth-order valence-electron chi connectivity index (χ4n) is 2.66. The van der Waals surface area contributed by atoms with E-state index in [1.54, 1.807) is 0 Å². The van der Waals surface area contributed by atoms with Crippen molar-refractivity contribution in [2.75, 3.05) is 0 Å². The average Bonchev–Trinajstić information content (AvgIpc) is 2.81. The number of carboxylic acids is 1. The van der Waals surface area contributed by atoms with Gasteiger partial charge in [0.25, 0.3) is 0 Å². The van der Waals surface area contributed by atoms with E-state index >= 15 is 0 Å². The van der Waals surface area contributed by atoms with Crippen molar-refractivity contribution in [1.29, 1.82) is 0 Å². The predicted octanol–water partition coefficient (Wildman–Crippen LogP) is 4.12. The molecule has 3 nitrogen and oxygen atoms in total. The Morgan fingerprint density at radius 2 is 1.80 bits per heavy atom. The van der Waals surface area contributed by atoms with E-state index in [1.807, 2.05) is 6.07 Å². The number of aryl methyl sites for hydroxylation is 1. The molecule has 0 bridgehead atoms. The van der Waals surface area contributed by atoms with Crippen molar-refractivity contribution >= 4 is 27.8 Å². The summed E-state index contributed by atoms with van der Waals surface area (Å²) in [5.74, 6) is -0.711. The molecule has 1 heterocycles. The van der Waals surface area contributed by atoms with E-state index in [0.717, 1.165) is 30.3 Å². The lowest BCUT2D eigenvalue weighted by Crippen LogP contribution is -1.94. The van der Waals surface area contributed by atoms with Gasteiger partial charge < -0.3 is 10.1 Å². The second kappa shape index (κ2) is 5.37. The molecular formula is C17H17NO2. The Labute approximate surface area is 117 Å². The fourth-order valence-corrected chi connectivity index (χ4v) is 2.66. The van der Waals surface area contributed by atoms with Crippen LogP contribution in [0, 0.1) is 0 Å². The molecule has 0 aliphatic rings. The van der Waals surface area contributed by atoms with E-state index in [2.05, 4.69) is 41.4 Å². The number of carbonyl (C=O) groups is 1. The quantitative estimate of drug-likeness (QED) is 0.683. The predicted molar refractivity (Wildman–Crippen MR) is 81.0 cm³/mol. The number of para-hydroxylation sites is 1. The molecule has 20 heavy (non-hydrogen) atoms. The third-order valence-corrected chi connectivity index (χ3v) is 3.68. The van der Waals surface area contributed by atoms with Gasteiger partial charge in [0, 0.05) is 28.2 Å². The second-order valence-corrected chi connectivity index (χ2v) is 5.15. The number of benzene rings is 2. The largest absolute Gasteiger partial charge is 0.481 e. The van der Waals surface area contributed by atoms with Crippen molar-refractivity contribution in [2.45, 2.75) is 25.7 Å². The van der Waals surface area contributed by atoms with Crippen molar-refractivity contribution < 1.29 is 9.90 Å². The van der Waals surface area contributed by atoms with Crippen molar-refractivity contribution in [2.24, 2.45) is 0 Å². The van der Waals surface area contributed by atoms with Crippen LogP contribution in [0.15, 0.2) is 42.5 Å². The molecule has 102 valence electrons. The zero-order valence-electron chi connectivity index (χ0n) is 11.2. The van der Waals surface area contributed by atoms with Crippen LogP contribution < -0.4 is 0 Å². The highest BCUT2D eigenvalue weighted by Crippen LogP contribution is 2.26. The van der Waals surface area contributed by atoms with Gasteiger partial charge in [0.1, 0.15) is 0 Å². The van der Waals surface area contributed by atoms with Gasteiger partial charge in [-0.05, 0) is 43.0 Å². The highest BCUT2D eigenvalue weighted by molar-refractivity contribution is 6.07. The van der Waals surface area contributed by atoms with Crippen molar-refractivity contribution in [3.8, 4) is 0 Å². The molecule has 0 radical (unpaired) electrons. The van der Waals surface area contributed by atoms with Gasteiger partial charge >= 0.3 is 5.97 Å². The summed E-state index contributed by atoms with van der Waals surface area (Å²) in [6, 6.07) is 14.7. The van der Waals surface area contributed by atoms with Crippen LogP contribution in [-0.2, 0) is 11.2 Å². The Morgan fingerprint density at radius 1 is 1.00 bits per heavy atom. The van der Waals surface area contributed by atoms with Crippen LogP contribution >= 0.6 is 0 Å². The maximum Gasteiger partial charge on any atom is 0.303 e. The molecule has 0 unspecified atom stereocenters. The Bertz CT molecular complexity index is 758. The molecule has 1 aromatic heterocycles. The molecule has 0 saturated heterocycles. The van der Waals surface area contributed by atoms with E-state index in [1.165, 1.54) is 16.3 Å². The maximum absolute atomic E-state index is 10.5. The first-order chi connectivity index (χ1) is 9.74. The summed E-state index contributed by atoms with van der Waals surface area (Å²) in [5.41, 5.74) is 3.58. The minimum Gasteiger partial charge on any atom is -0.481 e. The third kappa shape index (κ3) is 2.52. The number of rotatable bonds is 5. The molecule has 2 aromatic carbocycles. The van der Waals surface area contributed by atoms with E-state index in [4.69, 9.17) is 5.11 Å². The standard InChI is InChI=1S/C17H17NO2/c19-17(20)8-4-1-5-12-9-10-16-14(11-12)13-6-2-3-7-15(13)18-16/h2-3,6-7,9-11,18H,1,4-5,8H2,(H,19,20). The van der Waals surface area contributed by atoms with Gasteiger partial charge in [-0.3, -0.25) is 4.79 Å². The first-order valence-electron chi connectivity index (χ1n) is 6.95. The van der Waals surface area contributed by atoms with Crippen molar-refractivity contribution in [3.63, 3.8) is 0 Å². The normalized spacial score (nSPS) is 11.2. The van der Waals surface area contributed by atoms with Gasteiger partial charge in [-0.15, -0.1) is 0 Å². The fraction of sp³-hybridized carbons (Fsp3) is 0.235. The van der Waals surface area contributed by atoms with E-state index in [0.29, 0.717) is 0 Å². The molecule has 0 spiro atoms. The molecule has 3 aromatic rings. The lowest BCUT2D eigenvalue weighted by molar-refractivity contribution is -0.137. The lowest BCUT2D eigenvalue weighted by atomic mass is 10.0. The molecular weight excluding hydrogens is 250 g/mol. The smallest absolute Gasteiger partial charge is 0.303 e. The average molecular weight is 267 g/mol. The van der Waals surface area contributed by atoms with Crippen LogP contribution in [-0.4, -0.2) is 16.1 Å². The highest BCUT2D eigenvalue weighted by atomic mass is 16.4. The number of aromatic amines is 1. The lowest BCUT2D eigenvalue weighted by Gasteiger charge is -2.01. The number of nitrogens with one attached hydrogen (secondary N) is 1. The van der Waals surface area contributed by atoms with Gasteiger partial charge in [-0.1, -0.05) is 24.3 Å².